The molecule has 1 saturated heterocycles. The van der Waals surface area contributed by atoms with Crippen LogP contribution in [0.15, 0.2) is 11.6 Å². The fourth-order valence-corrected chi connectivity index (χ4v) is 2.38. The molecule has 0 aromatic carbocycles. The molecule has 0 N–H and O–H groups in total. The van der Waals surface area contributed by atoms with Crippen LogP contribution in [0.2, 0.25) is 0 Å². The van der Waals surface area contributed by atoms with Crippen LogP contribution in [0, 0.1) is 10.8 Å². The third-order valence-electron chi connectivity index (χ3n) is 4.00. The summed E-state index contributed by atoms with van der Waals surface area (Å²) >= 11 is 0. The quantitative estimate of drug-likeness (QED) is 0.422. The third-order valence-corrected chi connectivity index (χ3v) is 4.00. The first kappa shape index (κ1) is 8.79. The van der Waals surface area contributed by atoms with Crippen molar-refractivity contribution >= 4 is 5.97 Å². The summed E-state index contributed by atoms with van der Waals surface area (Å²) in [6, 6.07) is 0. The highest BCUT2D eigenvalue weighted by Crippen LogP contribution is 2.57. The van der Waals surface area contributed by atoms with Gasteiger partial charge in [-0.3, -0.25) is 4.79 Å². The number of hydrogen-bond acceptors (Lipinski definition) is 2. The zero-order valence-corrected chi connectivity index (χ0v) is 8.68. The first-order chi connectivity index (χ1) is 5.89. The topological polar surface area (TPSA) is 26.3 Å². The van der Waals surface area contributed by atoms with Crippen LogP contribution in [-0.4, -0.2) is 12.1 Å². The van der Waals surface area contributed by atoms with E-state index in [1.165, 1.54) is 5.57 Å². The lowest BCUT2D eigenvalue weighted by molar-refractivity contribution is -0.146. The summed E-state index contributed by atoms with van der Waals surface area (Å²) in [4.78, 5) is 11.6. The molecule has 0 unspecified atom stereocenters. The van der Waals surface area contributed by atoms with Crippen molar-refractivity contribution in [3.8, 4) is 0 Å². The maximum absolute atomic E-state index is 11.6. The average molecular weight is 180 g/mol. The molecule has 0 radical (unpaired) electrons. The van der Waals surface area contributed by atoms with E-state index >= 15 is 0 Å². The van der Waals surface area contributed by atoms with Gasteiger partial charge in [0, 0.05) is 5.41 Å². The van der Waals surface area contributed by atoms with E-state index in [0.717, 1.165) is 6.42 Å². The molecule has 2 heteroatoms. The summed E-state index contributed by atoms with van der Waals surface area (Å²) in [5, 5.41) is 0. The number of fused-ring (bicyclic) bond motifs is 1. The van der Waals surface area contributed by atoms with Gasteiger partial charge in [-0.1, -0.05) is 13.0 Å². The molecule has 2 atom stereocenters. The molecular formula is C11H16O2. The molecule has 0 amide bonds. The van der Waals surface area contributed by atoms with Crippen molar-refractivity contribution in [1.29, 1.82) is 0 Å². The smallest absolute Gasteiger partial charge is 0.312 e. The van der Waals surface area contributed by atoms with Crippen LogP contribution in [0.1, 0.15) is 34.1 Å². The molecule has 72 valence electrons. The highest BCUT2D eigenvalue weighted by Gasteiger charge is 2.61. The summed E-state index contributed by atoms with van der Waals surface area (Å²) in [5.41, 5.74) is 0.849. The van der Waals surface area contributed by atoms with Crippen LogP contribution in [0.5, 0.6) is 0 Å². The number of allylic oxidation sites excluding steroid dienone is 1. The van der Waals surface area contributed by atoms with Gasteiger partial charge in [-0.2, -0.15) is 0 Å². The lowest BCUT2D eigenvalue weighted by atomic mass is 9.65. The monoisotopic (exact) mass is 180 g/mol. The fourth-order valence-electron chi connectivity index (χ4n) is 2.38. The molecular weight excluding hydrogens is 164 g/mol. The van der Waals surface area contributed by atoms with Crippen molar-refractivity contribution in [3.63, 3.8) is 0 Å². The molecule has 0 aromatic rings. The standard InChI is InChI=1S/C11H16O2/c1-7-5-6-11(4)8(7)13-9(12)10(11,2)3/h5,8H,6H2,1-4H3/t8-,11+/m0/s1. The Labute approximate surface area is 79.0 Å². The number of esters is 1. The van der Waals surface area contributed by atoms with Gasteiger partial charge in [0.05, 0.1) is 5.41 Å². The van der Waals surface area contributed by atoms with Gasteiger partial charge in [0.25, 0.3) is 0 Å². The Morgan fingerprint density at radius 2 is 2.08 bits per heavy atom. The Morgan fingerprint density at radius 1 is 1.46 bits per heavy atom. The molecule has 1 aliphatic heterocycles. The minimum absolute atomic E-state index is 0.0197. The van der Waals surface area contributed by atoms with Gasteiger partial charge >= 0.3 is 5.97 Å². The third kappa shape index (κ3) is 0.812. The number of carbonyl (C=O) groups excluding carboxylic acids is 1. The Hall–Kier alpha value is -0.790. The molecule has 0 spiro atoms. The lowest BCUT2D eigenvalue weighted by Gasteiger charge is -2.33. The maximum Gasteiger partial charge on any atom is 0.312 e. The van der Waals surface area contributed by atoms with Crippen molar-refractivity contribution in [1.82, 2.24) is 0 Å². The number of ether oxygens (including phenoxy) is 1. The summed E-state index contributed by atoms with van der Waals surface area (Å²) in [7, 11) is 0. The predicted molar refractivity (Wildman–Crippen MR) is 50.1 cm³/mol. The van der Waals surface area contributed by atoms with Crippen molar-refractivity contribution < 1.29 is 9.53 Å². The van der Waals surface area contributed by atoms with Gasteiger partial charge in [-0.15, -0.1) is 0 Å². The average Bonchev–Trinajstić information content (AvgIpc) is 2.40. The Morgan fingerprint density at radius 3 is 2.62 bits per heavy atom. The van der Waals surface area contributed by atoms with Gasteiger partial charge < -0.3 is 4.74 Å². The summed E-state index contributed by atoms with van der Waals surface area (Å²) in [6.45, 7) is 8.17. The second kappa shape index (κ2) is 2.17. The molecule has 1 fully saturated rings. The molecule has 2 aliphatic rings. The van der Waals surface area contributed by atoms with Gasteiger partial charge in [-0.05, 0) is 32.8 Å². The molecule has 2 nitrogen and oxygen atoms in total. The Kier molecular flexibility index (Phi) is 1.47. The van der Waals surface area contributed by atoms with Crippen molar-refractivity contribution in [2.75, 3.05) is 0 Å². The van der Waals surface area contributed by atoms with Gasteiger partial charge in [0.2, 0.25) is 0 Å². The van der Waals surface area contributed by atoms with Crippen LogP contribution in [0.25, 0.3) is 0 Å². The molecule has 1 heterocycles. The minimum atomic E-state index is -0.341. The highest BCUT2D eigenvalue weighted by molar-refractivity contribution is 5.80. The molecule has 13 heavy (non-hydrogen) atoms. The lowest BCUT2D eigenvalue weighted by Crippen LogP contribution is -2.37. The second-order valence-electron chi connectivity index (χ2n) is 4.98. The van der Waals surface area contributed by atoms with Crippen LogP contribution < -0.4 is 0 Å². The largest absolute Gasteiger partial charge is 0.457 e. The molecule has 0 aromatic heterocycles. The normalized spacial score (nSPS) is 41.4. The maximum atomic E-state index is 11.6. The SMILES string of the molecule is CC1=CC[C@]2(C)[C@H]1OC(=O)C2(C)C. The summed E-state index contributed by atoms with van der Waals surface area (Å²) in [6.07, 6.45) is 3.18. The molecule has 1 aliphatic carbocycles. The number of rotatable bonds is 0. The fraction of sp³-hybridized carbons (Fsp3) is 0.727. The molecule has 2 rings (SSSR count). The second-order valence-corrected chi connectivity index (χ2v) is 4.98. The number of carbonyl (C=O) groups is 1. The highest BCUT2D eigenvalue weighted by atomic mass is 16.6. The zero-order chi connectivity index (χ0) is 9.85. The van der Waals surface area contributed by atoms with Gasteiger partial charge in [0.15, 0.2) is 0 Å². The summed E-state index contributed by atoms with van der Waals surface area (Å²) in [5.74, 6) is -0.0487. The van der Waals surface area contributed by atoms with E-state index in [1.807, 2.05) is 20.8 Å². The van der Waals surface area contributed by atoms with Gasteiger partial charge in [-0.25, -0.2) is 0 Å². The first-order valence-electron chi connectivity index (χ1n) is 4.77. The van der Waals surface area contributed by atoms with E-state index in [4.69, 9.17) is 4.74 Å². The minimum Gasteiger partial charge on any atom is -0.457 e. The Balaban J connectivity index is 2.46. The molecule has 0 bridgehead atoms. The Bertz CT molecular complexity index is 301. The van der Waals surface area contributed by atoms with E-state index in [-0.39, 0.29) is 22.9 Å². The van der Waals surface area contributed by atoms with Crippen LogP contribution in [0.4, 0.5) is 0 Å². The van der Waals surface area contributed by atoms with Crippen LogP contribution in [0.3, 0.4) is 0 Å². The van der Waals surface area contributed by atoms with Crippen molar-refractivity contribution in [3.05, 3.63) is 11.6 Å². The van der Waals surface area contributed by atoms with Crippen LogP contribution >= 0.6 is 0 Å². The van der Waals surface area contributed by atoms with Crippen LogP contribution in [-0.2, 0) is 9.53 Å². The summed E-state index contributed by atoms with van der Waals surface area (Å²) < 4.78 is 5.41. The molecule has 0 saturated carbocycles. The van der Waals surface area contributed by atoms with E-state index in [2.05, 4.69) is 13.0 Å². The predicted octanol–water partition coefficient (Wildman–Crippen LogP) is 2.29. The van der Waals surface area contributed by atoms with Crippen molar-refractivity contribution in [2.24, 2.45) is 10.8 Å². The van der Waals surface area contributed by atoms with Gasteiger partial charge in [0.1, 0.15) is 6.10 Å². The van der Waals surface area contributed by atoms with E-state index < -0.39 is 0 Å². The van der Waals surface area contributed by atoms with E-state index in [1.54, 1.807) is 0 Å². The number of hydrogen-bond donors (Lipinski definition) is 0. The zero-order valence-electron chi connectivity index (χ0n) is 8.68. The van der Waals surface area contributed by atoms with Crippen molar-refractivity contribution in [2.45, 2.75) is 40.2 Å². The van der Waals surface area contributed by atoms with E-state index in [0.29, 0.717) is 0 Å². The first-order valence-corrected chi connectivity index (χ1v) is 4.77. The van der Waals surface area contributed by atoms with E-state index in [9.17, 15) is 4.79 Å².